The summed E-state index contributed by atoms with van der Waals surface area (Å²) in [5.74, 6) is 1.10. The Morgan fingerprint density at radius 2 is 2.22 bits per heavy atom. The lowest BCUT2D eigenvalue weighted by atomic mass is 10.1. The third kappa shape index (κ3) is 4.44. The Bertz CT molecular complexity index is 263. The molecule has 0 bridgehead atoms. The van der Waals surface area contributed by atoms with Gasteiger partial charge >= 0.3 is 0 Å². The highest BCUT2D eigenvalue weighted by atomic mass is 32.2. The molecule has 5 heteroatoms. The maximum absolute atomic E-state index is 12.4. The summed E-state index contributed by atoms with van der Waals surface area (Å²) in [6.45, 7) is 5.05. The van der Waals surface area contributed by atoms with Gasteiger partial charge in [0.1, 0.15) is 0 Å². The van der Waals surface area contributed by atoms with Gasteiger partial charge in [-0.25, -0.2) is 0 Å². The highest BCUT2D eigenvalue weighted by Gasteiger charge is 2.28. The summed E-state index contributed by atoms with van der Waals surface area (Å²) in [5.41, 5.74) is 6.02. The molecule has 1 aliphatic heterocycles. The van der Waals surface area contributed by atoms with Crippen molar-refractivity contribution < 1.29 is 4.79 Å². The summed E-state index contributed by atoms with van der Waals surface area (Å²) in [4.78, 5) is 16.7. The van der Waals surface area contributed by atoms with Gasteiger partial charge in [0.25, 0.3) is 0 Å². The molecule has 1 amide bonds. The summed E-state index contributed by atoms with van der Waals surface area (Å²) in [6, 6.07) is 0.000218. The average Bonchev–Trinajstić information content (AvgIpc) is 2.56. The molecule has 1 heterocycles. The minimum atomic E-state index is -0.324. The van der Waals surface area contributed by atoms with Crippen LogP contribution in [0.5, 0.6) is 0 Å². The van der Waals surface area contributed by atoms with Crippen LogP contribution in [-0.2, 0) is 4.79 Å². The maximum Gasteiger partial charge on any atom is 0.239 e. The molecule has 1 saturated heterocycles. The lowest BCUT2D eigenvalue weighted by molar-refractivity contribution is -0.134. The van der Waals surface area contributed by atoms with E-state index in [1.54, 1.807) is 11.8 Å². The van der Waals surface area contributed by atoms with Gasteiger partial charge in [-0.2, -0.15) is 11.8 Å². The Morgan fingerprint density at radius 3 is 2.83 bits per heavy atom. The van der Waals surface area contributed by atoms with E-state index in [9.17, 15) is 4.79 Å². The molecule has 1 aliphatic rings. The molecule has 1 unspecified atom stereocenters. The van der Waals surface area contributed by atoms with Crippen LogP contribution in [0.15, 0.2) is 0 Å². The van der Waals surface area contributed by atoms with Crippen LogP contribution in [0.25, 0.3) is 0 Å². The van der Waals surface area contributed by atoms with Gasteiger partial charge in [0.05, 0.1) is 6.04 Å². The second-order valence-electron chi connectivity index (χ2n) is 5.10. The van der Waals surface area contributed by atoms with Gasteiger partial charge in [-0.3, -0.25) is 4.79 Å². The number of nitrogens with two attached hydrogens (primary N) is 1. The number of hydrogen-bond donors (Lipinski definition) is 1. The molecule has 106 valence electrons. The van der Waals surface area contributed by atoms with Crippen molar-refractivity contribution in [2.75, 3.05) is 38.7 Å². The van der Waals surface area contributed by atoms with Crippen LogP contribution < -0.4 is 5.73 Å². The number of carbonyl (C=O) groups excluding carboxylic acids is 1. The summed E-state index contributed by atoms with van der Waals surface area (Å²) in [7, 11) is 2.13. The molecular weight excluding hydrogens is 246 g/mol. The van der Waals surface area contributed by atoms with E-state index in [1.807, 2.05) is 11.2 Å². The van der Waals surface area contributed by atoms with Gasteiger partial charge in [0, 0.05) is 19.1 Å². The molecule has 1 fully saturated rings. The molecular formula is C13H27N3OS. The lowest BCUT2D eigenvalue weighted by Crippen LogP contribution is -2.50. The normalized spacial score (nSPS) is 23.8. The molecule has 2 N–H and O–H groups in total. The van der Waals surface area contributed by atoms with Crippen molar-refractivity contribution in [2.45, 2.75) is 38.3 Å². The van der Waals surface area contributed by atoms with Gasteiger partial charge in [-0.15, -0.1) is 0 Å². The summed E-state index contributed by atoms with van der Waals surface area (Å²) >= 11 is 1.75. The number of thioether (sulfide) groups is 1. The first-order valence-corrected chi connectivity index (χ1v) is 8.23. The largest absolute Gasteiger partial charge is 0.337 e. The molecule has 0 radical (unpaired) electrons. The van der Waals surface area contributed by atoms with Crippen LogP contribution in [0.4, 0.5) is 0 Å². The second-order valence-corrected chi connectivity index (χ2v) is 6.08. The van der Waals surface area contributed by atoms with Crippen LogP contribution in [0, 0.1) is 0 Å². The van der Waals surface area contributed by atoms with Gasteiger partial charge in [-0.05, 0) is 44.9 Å². The molecule has 0 aromatic heterocycles. The molecule has 1 rings (SSSR count). The molecule has 0 aromatic rings. The van der Waals surface area contributed by atoms with Gasteiger partial charge < -0.3 is 15.5 Å². The van der Waals surface area contributed by atoms with E-state index in [4.69, 9.17) is 5.73 Å². The van der Waals surface area contributed by atoms with Gasteiger partial charge in [-0.1, -0.05) is 6.92 Å². The average molecular weight is 273 g/mol. The van der Waals surface area contributed by atoms with Crippen LogP contribution in [0.2, 0.25) is 0 Å². The molecule has 0 aromatic carbocycles. The Kier molecular flexibility index (Phi) is 7.04. The van der Waals surface area contributed by atoms with Crippen LogP contribution >= 0.6 is 11.8 Å². The lowest BCUT2D eigenvalue weighted by Gasteiger charge is -2.32. The zero-order valence-corrected chi connectivity index (χ0v) is 12.7. The predicted molar refractivity (Wildman–Crippen MR) is 78.9 cm³/mol. The number of amides is 1. The monoisotopic (exact) mass is 273 g/mol. The van der Waals surface area contributed by atoms with E-state index >= 15 is 0 Å². The smallest absolute Gasteiger partial charge is 0.239 e. The number of likely N-dealkylation sites (N-methyl/N-ethyl adjacent to an activating group) is 1. The molecule has 18 heavy (non-hydrogen) atoms. The standard InChI is InChI=1S/C13H27N3OS/c1-4-11-10-15(2)7-5-8-16(11)13(17)12(14)6-9-18-3/h11-12H,4-10,14H2,1-3H3/t11?,12-/m0/s1. The number of carbonyl (C=O) groups is 1. The summed E-state index contributed by atoms with van der Waals surface area (Å²) < 4.78 is 0. The van der Waals surface area contributed by atoms with E-state index in [2.05, 4.69) is 18.9 Å². The maximum atomic E-state index is 12.4. The zero-order chi connectivity index (χ0) is 13.5. The number of rotatable bonds is 5. The Hall–Kier alpha value is -0.260. The zero-order valence-electron chi connectivity index (χ0n) is 11.9. The molecule has 0 spiro atoms. The van der Waals surface area contributed by atoms with Gasteiger partial charge in [0.2, 0.25) is 5.91 Å². The fourth-order valence-corrected chi connectivity index (χ4v) is 2.95. The molecule has 0 aliphatic carbocycles. The summed E-state index contributed by atoms with van der Waals surface area (Å²) in [6.07, 6.45) is 4.88. The Balaban J connectivity index is 2.62. The van der Waals surface area contributed by atoms with E-state index < -0.39 is 0 Å². The second kappa shape index (κ2) is 8.02. The minimum absolute atomic E-state index is 0.145. The van der Waals surface area contributed by atoms with Crippen LogP contribution in [-0.4, -0.2) is 66.5 Å². The highest BCUT2D eigenvalue weighted by Crippen LogP contribution is 2.14. The predicted octanol–water partition coefficient (Wildman–Crippen LogP) is 1.01. The van der Waals surface area contributed by atoms with Gasteiger partial charge in [0.15, 0.2) is 0 Å². The van der Waals surface area contributed by atoms with Crippen molar-refractivity contribution in [1.82, 2.24) is 9.80 Å². The fourth-order valence-electron chi connectivity index (χ4n) is 2.46. The quantitative estimate of drug-likeness (QED) is 0.812. The third-order valence-electron chi connectivity index (χ3n) is 3.61. The first kappa shape index (κ1) is 15.8. The van der Waals surface area contributed by atoms with E-state index in [0.717, 1.165) is 44.6 Å². The molecule has 0 saturated carbocycles. The summed E-state index contributed by atoms with van der Waals surface area (Å²) in [5, 5.41) is 0. The number of hydrogen-bond acceptors (Lipinski definition) is 4. The minimum Gasteiger partial charge on any atom is -0.337 e. The Labute approximate surface area is 115 Å². The third-order valence-corrected chi connectivity index (χ3v) is 4.25. The first-order chi connectivity index (χ1) is 8.60. The number of nitrogens with zero attached hydrogens (tertiary/aromatic N) is 2. The highest BCUT2D eigenvalue weighted by molar-refractivity contribution is 7.98. The molecule has 4 nitrogen and oxygen atoms in total. The first-order valence-electron chi connectivity index (χ1n) is 6.83. The SMILES string of the molecule is CCC1CN(C)CCCN1C(=O)[C@@H](N)CCSC. The molecule has 2 atom stereocenters. The fraction of sp³-hybridized carbons (Fsp3) is 0.923. The van der Waals surface area contributed by atoms with Crippen molar-refractivity contribution in [1.29, 1.82) is 0 Å². The van der Waals surface area contributed by atoms with Crippen molar-refractivity contribution in [2.24, 2.45) is 5.73 Å². The van der Waals surface area contributed by atoms with E-state index in [0.29, 0.717) is 6.04 Å². The van der Waals surface area contributed by atoms with Crippen molar-refractivity contribution in [3.63, 3.8) is 0 Å². The van der Waals surface area contributed by atoms with Crippen molar-refractivity contribution in [3.05, 3.63) is 0 Å². The van der Waals surface area contributed by atoms with Crippen molar-refractivity contribution >= 4 is 17.7 Å². The van der Waals surface area contributed by atoms with Crippen LogP contribution in [0.3, 0.4) is 0 Å². The van der Waals surface area contributed by atoms with Crippen molar-refractivity contribution in [3.8, 4) is 0 Å². The van der Waals surface area contributed by atoms with E-state index in [1.165, 1.54) is 0 Å². The topological polar surface area (TPSA) is 49.6 Å². The Morgan fingerprint density at radius 1 is 1.50 bits per heavy atom. The van der Waals surface area contributed by atoms with Crippen LogP contribution in [0.1, 0.15) is 26.2 Å². The van der Waals surface area contributed by atoms with E-state index in [-0.39, 0.29) is 11.9 Å².